The number of β-amino-alcohol motifs (C(OH)–C–C–N with tert-alkyl or cyclic N) is 1. The van der Waals surface area contributed by atoms with Crippen LogP contribution in [0, 0.1) is 17.8 Å². The summed E-state index contributed by atoms with van der Waals surface area (Å²) in [5.41, 5.74) is 0. The second-order valence-corrected chi connectivity index (χ2v) is 31.9. The number of amides is 3. The highest BCUT2D eigenvalue weighted by atomic mass is 31.2. The molecule has 6 heterocycles. The molecule has 6 rings (SSSR count). The summed E-state index contributed by atoms with van der Waals surface area (Å²) < 4.78 is 91.1. The number of likely N-dealkylation sites (tertiary alicyclic amines) is 3. The Labute approximate surface area is 597 Å². The van der Waals surface area contributed by atoms with E-state index in [4.69, 9.17) is 51.3 Å². The van der Waals surface area contributed by atoms with Gasteiger partial charge in [0.15, 0.2) is 18.9 Å². The summed E-state index contributed by atoms with van der Waals surface area (Å²) in [6.45, 7) is 7.75. The minimum atomic E-state index is -4.96. The maximum Gasteiger partial charge on any atom is 0.472 e. The van der Waals surface area contributed by atoms with E-state index in [2.05, 4.69) is 0 Å². The van der Waals surface area contributed by atoms with Crippen molar-refractivity contribution in [3.8, 4) is 0 Å². The topological polar surface area (TPSA) is 470 Å². The monoisotopic (exact) mass is 1510 g/mol. The fourth-order valence-corrected chi connectivity index (χ4v) is 15.8. The predicted octanol–water partition coefficient (Wildman–Crippen LogP) is 1.31. The van der Waals surface area contributed by atoms with Crippen LogP contribution in [0.4, 0.5) is 0 Å². The molecule has 33 nitrogen and oxygen atoms in total. The molecule has 590 valence electrons. The maximum absolute atomic E-state index is 14.3. The highest BCUT2D eigenvalue weighted by Crippen LogP contribution is 2.50. The molecule has 6 fully saturated rings. The molecule has 0 radical (unpaired) electrons. The van der Waals surface area contributed by atoms with Gasteiger partial charge in [-0.2, -0.15) is 0 Å². The Morgan fingerprint density at radius 3 is 1.14 bits per heavy atom. The van der Waals surface area contributed by atoms with Gasteiger partial charge in [-0.25, -0.2) is 4.57 Å². The Bertz CT molecular complexity index is 2680. The van der Waals surface area contributed by atoms with Crippen LogP contribution in [0.1, 0.15) is 169 Å². The van der Waals surface area contributed by atoms with E-state index in [-0.39, 0.29) is 171 Å². The summed E-state index contributed by atoms with van der Waals surface area (Å²) in [6.07, 6.45) is -11.6. The number of carbonyl (C=O) groups excluding carboxylic acids is 6. The number of phosphoric acid groups is 1. The average molecular weight is 1510 g/mol. The molecule has 6 aliphatic heterocycles. The van der Waals surface area contributed by atoms with Crippen molar-refractivity contribution in [2.24, 2.45) is 17.8 Å². The molecule has 0 spiro atoms. The molecule has 0 bridgehead atoms. The Kier molecular flexibility index (Phi) is 37.3. The summed E-state index contributed by atoms with van der Waals surface area (Å²) in [5.74, 6) is -2.96. The van der Waals surface area contributed by atoms with Crippen molar-refractivity contribution in [1.82, 2.24) is 14.7 Å². The number of ketones is 3. The highest BCUT2D eigenvalue weighted by Gasteiger charge is 2.47. The Morgan fingerprint density at radius 1 is 0.441 bits per heavy atom. The third-order valence-electron chi connectivity index (χ3n) is 19.8. The van der Waals surface area contributed by atoms with Crippen molar-refractivity contribution < 1.29 is 145 Å². The standard InChI is InChI=1S/C67H117N3O30P2/c1-40(2)93-37-45-29-51(32-69(45)57(79)23-11-8-17-48(75)20-14-26-91-66-42(4)60(82)63(85)54(35-72)97-66)99-101(6,87)94-38-46-30-52(33-70(46)58(80)24-12-9-18-49(76)21-15-27-92-67-43(5)61(83)64(86)55(36-73)98-67)100-102(88,89)95-39-44-28-50(77)31-68(44)56(78)22-10-7-16-47(74)19-13-25-90-65-41(3)59(81)62(84)53(34-71)96-65/h40-46,50-55,59-67,71-73,77,81-86H,7-39H2,1-6H3,(H,88,89)/t41?,42?,43?,44-,45-,46-,50+,51+,52+,53?,54?,55?,59+,60+,61+,62-,63-,64-,65+,66+,67+,101?/m0/s1. The largest absolute Gasteiger partial charge is 0.472 e. The van der Waals surface area contributed by atoms with Gasteiger partial charge in [0.05, 0.1) is 120 Å². The van der Waals surface area contributed by atoms with Gasteiger partial charge < -0.3 is 113 Å². The van der Waals surface area contributed by atoms with E-state index in [1.165, 1.54) is 16.5 Å². The quantitative estimate of drug-likeness (QED) is 0.0302. The number of aliphatic hydroxyl groups excluding tert-OH is 10. The summed E-state index contributed by atoms with van der Waals surface area (Å²) >= 11 is 0. The van der Waals surface area contributed by atoms with Crippen LogP contribution in [0.3, 0.4) is 0 Å². The molecule has 6 saturated heterocycles. The van der Waals surface area contributed by atoms with Gasteiger partial charge >= 0.3 is 15.4 Å². The number of aliphatic hydroxyl groups is 10. The van der Waals surface area contributed by atoms with Crippen molar-refractivity contribution in [3.05, 3.63) is 0 Å². The molecule has 0 aromatic heterocycles. The smallest absolute Gasteiger partial charge is 0.394 e. The van der Waals surface area contributed by atoms with Crippen molar-refractivity contribution in [2.45, 2.75) is 286 Å². The lowest BCUT2D eigenvalue weighted by molar-refractivity contribution is -0.282. The molecule has 23 atom stereocenters. The van der Waals surface area contributed by atoms with Gasteiger partial charge in [-0.15, -0.1) is 0 Å². The SMILES string of the molecule is CC(C)OC[C@@H]1C[C@@H](OP(C)(=O)OC[C@@H]2C[C@@H](OP(=O)(O)OC[C@@H]3C[C@@H](O)CN3C(=O)CCCCC(=O)CCCO[C@@H]3OC(CO)[C@H](O)[C@H](O)C3C)CN2C(=O)CCCCC(=O)CCCO[C@@H]2OC(CO)[C@H](O)[C@H](O)C2C)CN1C(=O)CCCCC(=O)CCCO[C@@H]1OC(CO)[C@H](O)[C@H](O)C1C. The summed E-state index contributed by atoms with van der Waals surface area (Å²) in [5, 5.41) is 100. The number of rotatable bonds is 46. The lowest BCUT2D eigenvalue weighted by atomic mass is 9.92. The van der Waals surface area contributed by atoms with Crippen LogP contribution in [0.15, 0.2) is 0 Å². The second-order valence-electron chi connectivity index (χ2n) is 28.5. The molecule has 0 aromatic carbocycles. The summed E-state index contributed by atoms with van der Waals surface area (Å²) in [6, 6.07) is -2.15. The van der Waals surface area contributed by atoms with E-state index in [9.17, 15) is 93.9 Å². The number of hydrogen-bond acceptors (Lipinski definition) is 29. The third kappa shape index (κ3) is 27.6. The average Bonchev–Trinajstić information content (AvgIpc) is 1.25. The van der Waals surface area contributed by atoms with Crippen LogP contribution < -0.4 is 0 Å². The molecule has 0 aromatic rings. The third-order valence-corrected chi connectivity index (χ3v) is 22.1. The molecular formula is C67H117N3O30P2. The zero-order chi connectivity index (χ0) is 75.0. The predicted molar refractivity (Wildman–Crippen MR) is 359 cm³/mol. The van der Waals surface area contributed by atoms with Crippen LogP contribution in [0.25, 0.3) is 0 Å². The fourth-order valence-electron chi connectivity index (χ4n) is 13.6. The van der Waals surface area contributed by atoms with E-state index < -0.39 is 176 Å². The van der Waals surface area contributed by atoms with E-state index >= 15 is 0 Å². The molecule has 0 saturated carbocycles. The first-order chi connectivity index (χ1) is 48.3. The van der Waals surface area contributed by atoms with E-state index in [0.29, 0.717) is 51.4 Å². The van der Waals surface area contributed by atoms with Crippen molar-refractivity contribution in [2.75, 3.05) is 85.8 Å². The normalized spacial score (nSPS) is 33.4. The van der Waals surface area contributed by atoms with Crippen molar-refractivity contribution in [3.63, 3.8) is 0 Å². The lowest BCUT2D eigenvalue weighted by Gasteiger charge is -2.40. The van der Waals surface area contributed by atoms with Crippen LogP contribution in [-0.4, -0.2) is 308 Å². The minimum Gasteiger partial charge on any atom is -0.394 e. The van der Waals surface area contributed by atoms with Gasteiger partial charge in [-0.05, 0) is 90.9 Å². The second kappa shape index (κ2) is 43.3. The number of phosphoric ester groups is 1. The number of hydrogen-bond donors (Lipinski definition) is 11. The van der Waals surface area contributed by atoms with Crippen molar-refractivity contribution in [1.29, 1.82) is 0 Å². The van der Waals surface area contributed by atoms with E-state index in [1.807, 2.05) is 13.8 Å². The molecule has 6 aliphatic rings. The Balaban J connectivity index is 0.975. The molecule has 8 unspecified atom stereocenters. The van der Waals surface area contributed by atoms with Gasteiger partial charge in [0.25, 0.3) is 0 Å². The van der Waals surface area contributed by atoms with Crippen LogP contribution in [0.2, 0.25) is 0 Å². The van der Waals surface area contributed by atoms with Crippen molar-refractivity contribution >= 4 is 50.5 Å². The van der Waals surface area contributed by atoms with Gasteiger partial charge in [0.2, 0.25) is 17.7 Å². The molecule has 102 heavy (non-hydrogen) atoms. The van der Waals surface area contributed by atoms with Gasteiger partial charge in [0.1, 0.15) is 54.0 Å². The van der Waals surface area contributed by atoms with Crippen LogP contribution in [-0.2, 0) is 89.2 Å². The van der Waals surface area contributed by atoms with Gasteiger partial charge in [0, 0.05) is 102 Å². The first kappa shape index (κ1) is 87.9. The number of carbonyl (C=O) groups is 6. The molecular weight excluding hydrogens is 1390 g/mol. The van der Waals surface area contributed by atoms with Crippen LogP contribution in [0.5, 0.6) is 0 Å². The van der Waals surface area contributed by atoms with E-state index in [0.717, 1.165) is 0 Å². The maximum atomic E-state index is 14.3. The number of Topliss-reactive ketones (excluding diaryl/α,β-unsaturated/α-hetero) is 3. The lowest BCUT2D eigenvalue weighted by Crippen LogP contribution is -2.55. The number of unbranched alkanes of at least 4 members (excludes halogenated alkanes) is 3. The van der Waals surface area contributed by atoms with Gasteiger partial charge in [-0.1, -0.05) is 20.8 Å². The van der Waals surface area contributed by atoms with E-state index in [1.54, 1.807) is 25.7 Å². The fraction of sp³-hybridized carbons (Fsp3) is 0.910. The van der Waals surface area contributed by atoms with Crippen LogP contribution >= 0.6 is 15.4 Å². The first-order valence-corrected chi connectivity index (χ1v) is 39.9. The number of nitrogens with zero attached hydrogens (tertiary/aromatic N) is 3. The Morgan fingerprint density at radius 2 is 0.765 bits per heavy atom. The van der Waals surface area contributed by atoms with Gasteiger partial charge in [-0.3, -0.25) is 42.4 Å². The minimum absolute atomic E-state index is 0.0131. The summed E-state index contributed by atoms with van der Waals surface area (Å²) in [4.78, 5) is 95.3. The highest BCUT2D eigenvalue weighted by molar-refractivity contribution is 7.53. The first-order valence-electron chi connectivity index (χ1n) is 36.4. The zero-order valence-electron chi connectivity index (χ0n) is 59.9. The Hall–Kier alpha value is -3.00. The number of ether oxygens (including phenoxy) is 7. The molecule has 35 heteroatoms. The molecule has 11 N–H and O–H groups in total. The molecule has 0 aliphatic carbocycles. The molecule has 3 amide bonds. The zero-order valence-corrected chi connectivity index (χ0v) is 61.7. The summed E-state index contributed by atoms with van der Waals surface area (Å²) in [7, 11) is -8.95.